The van der Waals surface area contributed by atoms with Gasteiger partial charge in [0.25, 0.3) is 10.2 Å². The van der Waals surface area contributed by atoms with Crippen molar-refractivity contribution in [3.63, 3.8) is 0 Å². The first-order valence-corrected chi connectivity index (χ1v) is 12.8. The first kappa shape index (κ1) is 24.3. The van der Waals surface area contributed by atoms with Crippen molar-refractivity contribution in [3.8, 4) is 0 Å². The summed E-state index contributed by atoms with van der Waals surface area (Å²) in [4.78, 5) is 7.87. The van der Waals surface area contributed by atoms with Gasteiger partial charge in [0.1, 0.15) is 0 Å². The lowest BCUT2D eigenvalue weighted by Gasteiger charge is -2.38. The van der Waals surface area contributed by atoms with Crippen molar-refractivity contribution in [2.75, 3.05) is 33.7 Å². The molecule has 0 saturated carbocycles. The number of thiophene rings is 1. The highest BCUT2D eigenvalue weighted by Crippen LogP contribution is 2.41. The molecule has 1 atom stereocenters. The Bertz CT molecular complexity index is 989. The molecular formula is C22H33FN4O2S2. The molecule has 172 valence electrons. The first-order chi connectivity index (χ1) is 14.4. The maximum Gasteiger partial charge on any atom is 0.278 e. The molecule has 1 aliphatic heterocycles. The second-order valence-corrected chi connectivity index (χ2v) is 12.3. The van der Waals surface area contributed by atoms with Gasteiger partial charge in [-0.15, -0.1) is 11.3 Å². The zero-order chi connectivity index (χ0) is 22.9. The maximum atomic E-state index is 13.5. The quantitative estimate of drug-likeness (QED) is 0.611. The minimum absolute atomic E-state index is 0.182. The number of hydrogen-bond donors (Lipinski definition) is 1. The van der Waals surface area contributed by atoms with Gasteiger partial charge in [-0.05, 0) is 75.8 Å². The molecule has 0 aliphatic carbocycles. The minimum Gasteiger partial charge on any atom is -0.293 e. The lowest BCUT2D eigenvalue weighted by Crippen LogP contribution is -2.46. The number of halogens is 1. The summed E-state index contributed by atoms with van der Waals surface area (Å²) in [5.41, 5.74) is 1.68. The molecular weight excluding hydrogens is 435 g/mol. The number of aryl methyl sites for hydroxylation is 2. The number of hydrogen-bond acceptors (Lipinski definition) is 5. The van der Waals surface area contributed by atoms with Crippen molar-refractivity contribution in [1.29, 1.82) is 0 Å². The van der Waals surface area contributed by atoms with Crippen molar-refractivity contribution >= 4 is 21.5 Å². The Kier molecular flexibility index (Phi) is 7.22. The molecule has 31 heavy (non-hydrogen) atoms. The van der Waals surface area contributed by atoms with Gasteiger partial charge in [0.05, 0.1) is 0 Å². The molecule has 9 heteroatoms. The number of likely N-dealkylation sites (tertiary alicyclic amines) is 1. The average molecular weight is 469 g/mol. The molecule has 1 N–H and O–H groups in total. The van der Waals surface area contributed by atoms with Gasteiger partial charge >= 0.3 is 0 Å². The van der Waals surface area contributed by atoms with Crippen molar-refractivity contribution in [2.24, 2.45) is 5.41 Å². The molecule has 0 spiro atoms. The van der Waals surface area contributed by atoms with Crippen LogP contribution in [-0.2, 0) is 22.2 Å². The highest BCUT2D eigenvalue weighted by Gasteiger charge is 2.44. The standard InChI is InChI=1S/C22H33FN4O2S2/c1-17-6-7-18(14-24-17)21(2,3)27-13-12-22(16-27,15-25-31(28,29)26(4)5)11-10-19-8-9-20(23)30-19/h6-9,14,25H,10-13,15-16H2,1-5H3. The summed E-state index contributed by atoms with van der Waals surface area (Å²) in [7, 11) is -0.464. The van der Waals surface area contributed by atoms with E-state index in [2.05, 4.69) is 34.5 Å². The number of aromatic nitrogens is 1. The van der Waals surface area contributed by atoms with Crippen molar-refractivity contribution in [2.45, 2.75) is 45.6 Å². The summed E-state index contributed by atoms with van der Waals surface area (Å²) in [6.07, 6.45) is 4.33. The first-order valence-electron chi connectivity index (χ1n) is 10.5. The maximum absolute atomic E-state index is 13.5. The van der Waals surface area contributed by atoms with Gasteiger partial charge in [-0.3, -0.25) is 9.88 Å². The van der Waals surface area contributed by atoms with Crippen LogP contribution in [0.5, 0.6) is 0 Å². The van der Waals surface area contributed by atoms with Gasteiger partial charge in [0.2, 0.25) is 0 Å². The van der Waals surface area contributed by atoms with Crippen LogP contribution in [0.3, 0.4) is 0 Å². The van der Waals surface area contributed by atoms with Crippen LogP contribution >= 0.6 is 11.3 Å². The fourth-order valence-electron chi connectivity index (χ4n) is 4.11. The topological polar surface area (TPSA) is 65.5 Å². The van der Waals surface area contributed by atoms with Crippen LogP contribution in [0, 0.1) is 17.5 Å². The smallest absolute Gasteiger partial charge is 0.278 e. The Hall–Kier alpha value is -1.39. The molecule has 1 aliphatic rings. The Morgan fingerprint density at radius 2 is 2.03 bits per heavy atom. The Morgan fingerprint density at radius 3 is 2.61 bits per heavy atom. The van der Waals surface area contributed by atoms with E-state index >= 15 is 0 Å². The Balaban J connectivity index is 1.80. The Morgan fingerprint density at radius 1 is 1.29 bits per heavy atom. The molecule has 1 unspecified atom stereocenters. The number of rotatable bonds is 9. The van der Waals surface area contributed by atoms with E-state index in [4.69, 9.17) is 0 Å². The Labute approximate surface area is 189 Å². The number of nitrogens with zero attached hydrogens (tertiary/aromatic N) is 3. The molecule has 3 heterocycles. The summed E-state index contributed by atoms with van der Waals surface area (Å²) in [6.45, 7) is 8.34. The molecule has 0 bridgehead atoms. The van der Waals surface area contributed by atoms with E-state index in [1.54, 1.807) is 0 Å². The summed E-state index contributed by atoms with van der Waals surface area (Å²) < 4.78 is 42.2. The largest absolute Gasteiger partial charge is 0.293 e. The normalized spacial score (nSPS) is 20.6. The van der Waals surface area contributed by atoms with Gasteiger partial charge in [-0.25, -0.2) is 4.72 Å². The summed E-state index contributed by atoms with van der Waals surface area (Å²) >= 11 is 1.17. The van der Waals surface area contributed by atoms with Crippen molar-refractivity contribution < 1.29 is 12.8 Å². The second-order valence-electron chi connectivity index (χ2n) is 9.23. The number of nitrogens with one attached hydrogen (secondary N) is 1. The number of pyridine rings is 1. The van der Waals surface area contributed by atoms with Crippen LogP contribution in [0.25, 0.3) is 0 Å². The van der Waals surface area contributed by atoms with Gasteiger partial charge < -0.3 is 0 Å². The van der Waals surface area contributed by atoms with E-state index in [1.165, 1.54) is 35.8 Å². The van der Waals surface area contributed by atoms with E-state index < -0.39 is 10.2 Å². The monoisotopic (exact) mass is 468 g/mol. The lowest BCUT2D eigenvalue weighted by atomic mass is 9.82. The second kappa shape index (κ2) is 9.23. The highest BCUT2D eigenvalue weighted by atomic mass is 32.2. The lowest BCUT2D eigenvalue weighted by molar-refractivity contribution is 0.128. The van der Waals surface area contributed by atoms with E-state index in [0.717, 1.165) is 48.5 Å². The molecule has 1 saturated heterocycles. The summed E-state index contributed by atoms with van der Waals surface area (Å²) in [6, 6.07) is 7.46. The SMILES string of the molecule is Cc1ccc(C(C)(C)N2CCC(CCc3ccc(F)s3)(CNS(=O)(=O)N(C)C)C2)cn1. The van der Waals surface area contributed by atoms with Crippen molar-refractivity contribution in [1.82, 2.24) is 18.9 Å². The van der Waals surface area contributed by atoms with E-state index in [0.29, 0.717) is 6.54 Å². The fraction of sp³-hybridized carbons (Fsp3) is 0.591. The molecule has 2 aromatic rings. The zero-order valence-corrected chi connectivity index (χ0v) is 20.6. The van der Waals surface area contributed by atoms with Crippen LogP contribution < -0.4 is 4.72 Å². The molecule has 1 fully saturated rings. The molecule has 0 aromatic carbocycles. The molecule has 3 rings (SSSR count). The third kappa shape index (κ3) is 5.70. The molecule has 0 radical (unpaired) electrons. The van der Waals surface area contributed by atoms with Gasteiger partial charge in [-0.1, -0.05) is 6.07 Å². The third-order valence-corrected chi connectivity index (χ3v) is 8.89. The van der Waals surface area contributed by atoms with Crippen LogP contribution in [0.2, 0.25) is 0 Å². The fourth-order valence-corrected chi connectivity index (χ4v) is 5.58. The molecule has 6 nitrogen and oxygen atoms in total. The summed E-state index contributed by atoms with van der Waals surface area (Å²) in [5.74, 6) is 0. The van der Waals surface area contributed by atoms with Crippen LogP contribution in [-0.4, -0.2) is 56.3 Å². The van der Waals surface area contributed by atoms with E-state index in [-0.39, 0.29) is 16.1 Å². The van der Waals surface area contributed by atoms with E-state index in [9.17, 15) is 12.8 Å². The predicted molar refractivity (Wildman–Crippen MR) is 124 cm³/mol. The molecule has 2 aromatic heterocycles. The van der Waals surface area contributed by atoms with Gasteiger partial charge in [0.15, 0.2) is 5.13 Å². The molecule has 0 amide bonds. The van der Waals surface area contributed by atoms with Gasteiger partial charge in [-0.2, -0.15) is 17.1 Å². The van der Waals surface area contributed by atoms with Crippen LogP contribution in [0.4, 0.5) is 4.39 Å². The summed E-state index contributed by atoms with van der Waals surface area (Å²) in [5, 5.41) is -0.182. The van der Waals surface area contributed by atoms with Crippen LogP contribution in [0.1, 0.15) is 42.8 Å². The van der Waals surface area contributed by atoms with Gasteiger partial charge in [0, 0.05) is 49.5 Å². The minimum atomic E-state index is -3.52. The predicted octanol–water partition coefficient (Wildman–Crippen LogP) is 3.55. The van der Waals surface area contributed by atoms with Crippen LogP contribution in [0.15, 0.2) is 30.5 Å². The third-order valence-electron chi connectivity index (χ3n) is 6.49. The zero-order valence-electron chi connectivity index (χ0n) is 19.0. The average Bonchev–Trinajstić information content (AvgIpc) is 3.32. The highest BCUT2D eigenvalue weighted by molar-refractivity contribution is 7.87. The van der Waals surface area contributed by atoms with Crippen molar-refractivity contribution in [3.05, 3.63) is 51.7 Å². The van der Waals surface area contributed by atoms with E-state index in [1.807, 2.05) is 25.3 Å².